The van der Waals surface area contributed by atoms with Crippen LogP contribution in [0.2, 0.25) is 0 Å². The van der Waals surface area contributed by atoms with E-state index < -0.39 is 18.0 Å². The Kier molecular flexibility index (Phi) is 4.87. The molecule has 0 aliphatic carbocycles. The van der Waals surface area contributed by atoms with Gasteiger partial charge in [-0.1, -0.05) is 12.1 Å². The van der Waals surface area contributed by atoms with Gasteiger partial charge in [0, 0.05) is 13.1 Å². The van der Waals surface area contributed by atoms with E-state index in [1.807, 2.05) is 4.90 Å². The Labute approximate surface area is 122 Å². The van der Waals surface area contributed by atoms with Crippen LogP contribution in [0.1, 0.15) is 18.6 Å². The number of nitrogens with zero attached hydrogens (tertiary/aromatic N) is 1. The first-order chi connectivity index (χ1) is 9.97. The van der Waals surface area contributed by atoms with Crippen molar-refractivity contribution in [1.29, 1.82) is 0 Å². The van der Waals surface area contributed by atoms with Crippen LogP contribution in [-0.2, 0) is 9.53 Å². The molecule has 1 fully saturated rings. The fraction of sp³-hybridized carbons (Fsp3) is 0.429. The summed E-state index contributed by atoms with van der Waals surface area (Å²) in [6.45, 7) is 3.21. The summed E-state index contributed by atoms with van der Waals surface area (Å²) < 4.78 is 18.6. The van der Waals surface area contributed by atoms with Crippen molar-refractivity contribution in [3.05, 3.63) is 35.6 Å². The van der Waals surface area contributed by atoms with Gasteiger partial charge in [0.05, 0.1) is 18.8 Å². The summed E-state index contributed by atoms with van der Waals surface area (Å²) in [7, 11) is 0. The lowest BCUT2D eigenvalue weighted by Crippen LogP contribution is -2.52. The monoisotopic (exact) mass is 295 g/mol. The Morgan fingerprint density at radius 3 is 2.71 bits per heavy atom. The highest BCUT2D eigenvalue weighted by Crippen LogP contribution is 2.23. The van der Waals surface area contributed by atoms with Crippen molar-refractivity contribution < 1.29 is 18.7 Å². The molecule has 21 heavy (non-hydrogen) atoms. The molecule has 0 radical (unpaired) electrons. The van der Waals surface area contributed by atoms with Crippen LogP contribution in [0.3, 0.4) is 0 Å². The van der Waals surface area contributed by atoms with Crippen molar-refractivity contribution in [2.75, 3.05) is 19.7 Å². The third-order valence-corrected chi connectivity index (χ3v) is 3.51. The zero-order valence-electron chi connectivity index (χ0n) is 11.7. The number of primary amides is 1. The summed E-state index contributed by atoms with van der Waals surface area (Å²) in [6.07, 6.45) is -0.233. The van der Waals surface area contributed by atoms with Gasteiger partial charge >= 0.3 is 6.03 Å². The largest absolute Gasteiger partial charge is 0.371 e. The van der Waals surface area contributed by atoms with Crippen LogP contribution in [-0.4, -0.2) is 42.6 Å². The predicted molar refractivity (Wildman–Crippen MR) is 73.9 cm³/mol. The van der Waals surface area contributed by atoms with E-state index in [2.05, 4.69) is 5.32 Å². The predicted octanol–water partition coefficient (Wildman–Crippen LogP) is 0.782. The van der Waals surface area contributed by atoms with Gasteiger partial charge in [-0.15, -0.1) is 0 Å². The number of nitrogens with two attached hydrogens (primary N) is 1. The van der Waals surface area contributed by atoms with E-state index in [-0.39, 0.29) is 11.9 Å². The summed E-state index contributed by atoms with van der Waals surface area (Å²) in [4.78, 5) is 24.4. The first-order valence-corrected chi connectivity index (χ1v) is 6.69. The average molecular weight is 295 g/mol. The van der Waals surface area contributed by atoms with Crippen molar-refractivity contribution in [3.63, 3.8) is 0 Å². The summed E-state index contributed by atoms with van der Waals surface area (Å²) in [5.74, 6) is -0.747. The lowest BCUT2D eigenvalue weighted by molar-refractivity contribution is -0.128. The Morgan fingerprint density at radius 1 is 1.43 bits per heavy atom. The molecule has 6 nitrogen and oxygen atoms in total. The molecule has 1 aromatic carbocycles. The van der Waals surface area contributed by atoms with Crippen LogP contribution in [0.4, 0.5) is 9.18 Å². The highest BCUT2D eigenvalue weighted by Gasteiger charge is 2.29. The number of ether oxygens (including phenoxy) is 1. The molecular formula is C14H18FN3O3. The Hall–Kier alpha value is -1.99. The summed E-state index contributed by atoms with van der Waals surface area (Å²) in [6, 6.07) is 4.72. The fourth-order valence-corrected chi connectivity index (χ4v) is 2.29. The zero-order valence-corrected chi connectivity index (χ0v) is 11.7. The zero-order chi connectivity index (χ0) is 15.4. The standard InChI is InChI=1S/C14H18FN3O3/c1-9(13(19)17-14(16)20)18-6-7-21-12(8-18)10-2-4-11(15)5-3-10/h2-5,9,12H,6-8H2,1H3,(H3,16,17,19,20)/t9-,12+/m1/s1. The molecule has 7 heteroatoms. The van der Waals surface area contributed by atoms with E-state index in [0.29, 0.717) is 19.7 Å². The van der Waals surface area contributed by atoms with Crippen LogP contribution in [0.5, 0.6) is 0 Å². The summed E-state index contributed by atoms with van der Waals surface area (Å²) >= 11 is 0. The number of benzene rings is 1. The molecule has 0 bridgehead atoms. The molecule has 1 saturated heterocycles. The molecule has 2 atom stereocenters. The smallest absolute Gasteiger partial charge is 0.318 e. The van der Waals surface area contributed by atoms with E-state index in [0.717, 1.165) is 5.56 Å². The van der Waals surface area contributed by atoms with Crippen molar-refractivity contribution in [2.24, 2.45) is 5.73 Å². The molecule has 3 amide bonds. The van der Waals surface area contributed by atoms with Crippen molar-refractivity contribution in [1.82, 2.24) is 10.2 Å². The Balaban J connectivity index is 2.01. The number of urea groups is 1. The van der Waals surface area contributed by atoms with Crippen molar-refractivity contribution in [2.45, 2.75) is 19.1 Å². The molecular weight excluding hydrogens is 277 g/mol. The number of hydrogen-bond donors (Lipinski definition) is 2. The highest BCUT2D eigenvalue weighted by molar-refractivity contribution is 5.96. The van der Waals surface area contributed by atoms with E-state index >= 15 is 0 Å². The van der Waals surface area contributed by atoms with E-state index in [9.17, 15) is 14.0 Å². The summed E-state index contributed by atoms with van der Waals surface area (Å²) in [5, 5.41) is 2.07. The van der Waals surface area contributed by atoms with E-state index in [1.165, 1.54) is 12.1 Å². The first-order valence-electron chi connectivity index (χ1n) is 6.69. The maximum atomic E-state index is 12.9. The second-order valence-electron chi connectivity index (χ2n) is 4.94. The van der Waals surface area contributed by atoms with Gasteiger partial charge in [0.15, 0.2) is 0 Å². The minimum absolute atomic E-state index is 0.233. The fourth-order valence-electron chi connectivity index (χ4n) is 2.29. The van der Waals surface area contributed by atoms with Crippen molar-refractivity contribution >= 4 is 11.9 Å². The molecule has 1 aliphatic heterocycles. The molecule has 114 valence electrons. The maximum Gasteiger partial charge on any atom is 0.318 e. The quantitative estimate of drug-likeness (QED) is 0.863. The van der Waals surface area contributed by atoms with E-state index in [4.69, 9.17) is 10.5 Å². The lowest BCUT2D eigenvalue weighted by atomic mass is 10.1. The van der Waals surface area contributed by atoms with Gasteiger partial charge in [-0.25, -0.2) is 9.18 Å². The summed E-state index contributed by atoms with van der Waals surface area (Å²) in [5.41, 5.74) is 5.79. The number of morpholine rings is 1. The van der Waals surface area contributed by atoms with E-state index in [1.54, 1.807) is 19.1 Å². The molecule has 1 aliphatic rings. The number of imide groups is 1. The second kappa shape index (κ2) is 6.64. The van der Waals surface area contributed by atoms with Gasteiger partial charge in [-0.05, 0) is 24.6 Å². The normalized spacial score (nSPS) is 20.8. The second-order valence-corrected chi connectivity index (χ2v) is 4.94. The van der Waals surface area contributed by atoms with Gasteiger partial charge in [0.1, 0.15) is 5.82 Å². The number of rotatable bonds is 3. The number of amides is 3. The molecule has 3 N–H and O–H groups in total. The topological polar surface area (TPSA) is 84.7 Å². The number of hydrogen-bond acceptors (Lipinski definition) is 4. The van der Waals surface area contributed by atoms with Crippen LogP contribution < -0.4 is 11.1 Å². The third kappa shape index (κ3) is 3.99. The van der Waals surface area contributed by atoms with Gasteiger partial charge in [-0.2, -0.15) is 0 Å². The number of halogens is 1. The van der Waals surface area contributed by atoms with Gasteiger partial charge < -0.3 is 10.5 Å². The first kappa shape index (κ1) is 15.4. The Morgan fingerprint density at radius 2 is 2.10 bits per heavy atom. The van der Waals surface area contributed by atoms with Crippen LogP contribution in [0.25, 0.3) is 0 Å². The van der Waals surface area contributed by atoms with Crippen molar-refractivity contribution in [3.8, 4) is 0 Å². The molecule has 1 heterocycles. The molecule has 0 aromatic heterocycles. The number of nitrogens with one attached hydrogen (secondary N) is 1. The lowest BCUT2D eigenvalue weighted by Gasteiger charge is -2.36. The number of carbonyl (C=O) groups is 2. The maximum absolute atomic E-state index is 12.9. The van der Waals surface area contributed by atoms with Gasteiger partial charge in [-0.3, -0.25) is 15.0 Å². The van der Waals surface area contributed by atoms with Gasteiger partial charge in [0.25, 0.3) is 0 Å². The highest BCUT2D eigenvalue weighted by atomic mass is 19.1. The molecule has 0 unspecified atom stereocenters. The molecule has 0 spiro atoms. The molecule has 1 aromatic rings. The third-order valence-electron chi connectivity index (χ3n) is 3.51. The van der Waals surface area contributed by atoms with Crippen LogP contribution in [0.15, 0.2) is 24.3 Å². The minimum atomic E-state index is -0.866. The van der Waals surface area contributed by atoms with Crippen LogP contribution in [0, 0.1) is 5.82 Å². The molecule has 0 saturated carbocycles. The van der Waals surface area contributed by atoms with Crippen LogP contribution >= 0.6 is 0 Å². The molecule has 2 rings (SSSR count). The Bertz CT molecular complexity index is 521. The average Bonchev–Trinajstić information content (AvgIpc) is 2.46. The SMILES string of the molecule is C[C@H](C(=O)NC(N)=O)N1CCO[C@H](c2ccc(F)cc2)C1. The number of carbonyl (C=O) groups excluding carboxylic acids is 2. The van der Waals surface area contributed by atoms with Gasteiger partial charge in [0.2, 0.25) is 5.91 Å². The minimum Gasteiger partial charge on any atom is -0.371 e.